The van der Waals surface area contributed by atoms with E-state index in [1.807, 2.05) is 71.9 Å². The fraction of sp³-hybridized carbons (Fsp3) is 0.548. The summed E-state index contributed by atoms with van der Waals surface area (Å²) < 4.78 is 40.7. The number of unbranched alkanes of at least 4 members (excludes halogenated alkanes) is 2. The summed E-state index contributed by atoms with van der Waals surface area (Å²) >= 11 is 4.74. The molecule has 3 unspecified atom stereocenters. The molecule has 0 saturated carbocycles. The van der Waals surface area contributed by atoms with Crippen LogP contribution < -0.4 is 14.8 Å². The molecule has 0 aliphatic carbocycles. The molecule has 2 N–H and O–H groups in total. The fourth-order valence-electron chi connectivity index (χ4n) is 4.82. The minimum absolute atomic E-state index is 0.0616. The lowest BCUT2D eigenvalue weighted by molar-refractivity contribution is -0.131. The van der Waals surface area contributed by atoms with E-state index in [-0.39, 0.29) is 22.1 Å². The Bertz CT molecular complexity index is 1290. The van der Waals surface area contributed by atoms with Crippen LogP contribution in [0, 0.1) is 11.3 Å². The van der Waals surface area contributed by atoms with E-state index >= 15 is 0 Å². The van der Waals surface area contributed by atoms with Crippen molar-refractivity contribution in [2.45, 2.75) is 89.1 Å². The second kappa shape index (κ2) is 14.1. The Hall–Kier alpha value is -2.76. The SMILES string of the molecule is CC(C)(C)OC(=O)NCCCCCC(=O)N1CC(C(C)(C)C)C(NS(=O)(=O)c2ccc(Oc3ccccc3)cc2)C1S. The number of hydrogen-bond acceptors (Lipinski definition) is 7. The minimum Gasteiger partial charge on any atom is -0.457 e. The summed E-state index contributed by atoms with van der Waals surface area (Å²) in [4.78, 5) is 26.8. The number of nitrogens with zero attached hydrogens (tertiary/aromatic N) is 1. The molecule has 2 aromatic carbocycles. The minimum atomic E-state index is -3.89. The van der Waals surface area contributed by atoms with E-state index in [2.05, 4.69) is 10.0 Å². The Balaban J connectivity index is 1.57. The van der Waals surface area contributed by atoms with Gasteiger partial charge in [0.2, 0.25) is 15.9 Å². The number of amides is 2. The highest BCUT2D eigenvalue weighted by Gasteiger charge is 2.48. The molecule has 11 heteroatoms. The standard InChI is InChI=1S/C31H45N3O6S2/c1-30(2,3)25-21-34(26(35)15-11-8-12-20-32-29(36)40-31(4,5)6)28(41)27(25)33-42(37,38)24-18-16-23(17-19-24)39-22-13-9-7-10-14-22/h7,9-10,13-14,16-19,25,27-28,33,41H,8,11-12,15,20-21H2,1-6H3,(H,32,36). The molecule has 2 aromatic rings. The van der Waals surface area contributed by atoms with Gasteiger partial charge in [-0.2, -0.15) is 12.6 Å². The van der Waals surface area contributed by atoms with E-state index in [1.54, 1.807) is 17.0 Å². The van der Waals surface area contributed by atoms with Crippen LogP contribution in [0.4, 0.5) is 4.79 Å². The number of thiol groups is 1. The monoisotopic (exact) mass is 619 g/mol. The summed E-state index contributed by atoms with van der Waals surface area (Å²) in [7, 11) is -3.89. The zero-order valence-corrected chi connectivity index (χ0v) is 27.1. The molecule has 3 rings (SSSR count). The van der Waals surface area contributed by atoms with E-state index in [0.717, 1.165) is 12.8 Å². The number of sulfonamides is 1. The molecule has 9 nitrogen and oxygen atoms in total. The lowest BCUT2D eigenvalue weighted by Gasteiger charge is -2.32. The molecule has 1 aliphatic heterocycles. The quantitative estimate of drug-likeness (QED) is 0.211. The second-order valence-corrected chi connectivity index (χ2v) is 14.9. The van der Waals surface area contributed by atoms with Crippen molar-refractivity contribution >= 4 is 34.7 Å². The van der Waals surface area contributed by atoms with Crippen molar-refractivity contribution in [3.63, 3.8) is 0 Å². The van der Waals surface area contributed by atoms with Crippen LogP contribution in [0.2, 0.25) is 0 Å². The lowest BCUT2D eigenvalue weighted by atomic mass is 9.78. The van der Waals surface area contributed by atoms with Gasteiger partial charge in [-0.1, -0.05) is 45.4 Å². The van der Waals surface area contributed by atoms with Crippen LogP contribution >= 0.6 is 12.6 Å². The highest BCUT2D eigenvalue weighted by atomic mass is 32.2. The van der Waals surface area contributed by atoms with Gasteiger partial charge in [-0.25, -0.2) is 17.9 Å². The molecule has 1 fully saturated rings. The molecule has 0 spiro atoms. The molecule has 1 aliphatic rings. The highest BCUT2D eigenvalue weighted by Crippen LogP contribution is 2.39. The normalized spacial score (nSPS) is 19.4. The predicted octanol–water partition coefficient (Wildman–Crippen LogP) is 5.97. The van der Waals surface area contributed by atoms with Gasteiger partial charge in [0.15, 0.2) is 0 Å². The van der Waals surface area contributed by atoms with Gasteiger partial charge >= 0.3 is 6.09 Å². The Kier molecular flexibility index (Phi) is 11.4. The molecule has 3 atom stereocenters. The molecule has 0 bridgehead atoms. The van der Waals surface area contributed by atoms with Gasteiger partial charge < -0.3 is 19.7 Å². The zero-order chi connectivity index (χ0) is 31.1. The van der Waals surface area contributed by atoms with Gasteiger partial charge in [0.1, 0.15) is 17.1 Å². The third-order valence-electron chi connectivity index (χ3n) is 7.04. The first kappa shape index (κ1) is 33.7. The van der Waals surface area contributed by atoms with Crippen LogP contribution in [-0.4, -0.2) is 55.4 Å². The number of nitrogens with one attached hydrogen (secondary N) is 2. The van der Waals surface area contributed by atoms with Crippen molar-refractivity contribution in [1.82, 2.24) is 14.9 Å². The molecule has 1 heterocycles. The van der Waals surface area contributed by atoms with Crippen LogP contribution in [0.5, 0.6) is 11.5 Å². The summed E-state index contributed by atoms with van der Waals surface area (Å²) in [5.41, 5.74) is -0.821. The Labute approximate surface area is 256 Å². The van der Waals surface area contributed by atoms with E-state index in [4.69, 9.17) is 22.1 Å². The maximum absolute atomic E-state index is 13.4. The van der Waals surface area contributed by atoms with Gasteiger partial charge in [-0.15, -0.1) is 0 Å². The molecule has 0 radical (unpaired) electrons. The van der Waals surface area contributed by atoms with Gasteiger partial charge in [0, 0.05) is 25.4 Å². The van der Waals surface area contributed by atoms with Gasteiger partial charge in [0.25, 0.3) is 0 Å². The lowest BCUT2D eigenvalue weighted by Crippen LogP contribution is -2.47. The van der Waals surface area contributed by atoms with Crippen LogP contribution in [0.3, 0.4) is 0 Å². The van der Waals surface area contributed by atoms with Crippen LogP contribution in [0.25, 0.3) is 0 Å². The average molecular weight is 620 g/mol. The number of para-hydroxylation sites is 1. The largest absolute Gasteiger partial charge is 0.457 e. The first-order valence-electron chi connectivity index (χ1n) is 14.4. The van der Waals surface area contributed by atoms with E-state index < -0.39 is 33.1 Å². The molecular weight excluding hydrogens is 574 g/mol. The number of alkyl carbamates (subject to hydrolysis) is 1. The number of likely N-dealkylation sites (tertiary alicyclic amines) is 1. The molecule has 2 amide bonds. The summed E-state index contributed by atoms with van der Waals surface area (Å²) in [6.45, 7) is 12.4. The van der Waals surface area contributed by atoms with E-state index in [1.165, 1.54) is 12.1 Å². The summed E-state index contributed by atoms with van der Waals surface area (Å²) in [5, 5.41) is 2.12. The number of carbonyl (C=O) groups is 2. The fourth-order valence-corrected chi connectivity index (χ4v) is 6.71. The first-order valence-corrected chi connectivity index (χ1v) is 16.4. The van der Waals surface area contributed by atoms with E-state index in [0.29, 0.717) is 37.4 Å². The highest BCUT2D eigenvalue weighted by molar-refractivity contribution is 7.89. The number of ether oxygens (including phenoxy) is 2. The molecule has 0 aromatic heterocycles. The van der Waals surface area contributed by atoms with Crippen LogP contribution in [0.1, 0.15) is 67.2 Å². The number of hydrogen-bond donors (Lipinski definition) is 3. The third-order valence-corrected chi connectivity index (χ3v) is 9.12. The summed E-state index contributed by atoms with van der Waals surface area (Å²) in [6, 6.07) is 14.9. The predicted molar refractivity (Wildman–Crippen MR) is 167 cm³/mol. The third kappa shape index (κ3) is 9.91. The molecule has 232 valence electrons. The molecule has 42 heavy (non-hydrogen) atoms. The maximum Gasteiger partial charge on any atom is 0.407 e. The first-order chi connectivity index (χ1) is 19.6. The summed E-state index contributed by atoms with van der Waals surface area (Å²) in [5.74, 6) is 0.981. The number of carbonyl (C=O) groups excluding carboxylic acids is 2. The topological polar surface area (TPSA) is 114 Å². The van der Waals surface area contributed by atoms with Crippen molar-refractivity contribution in [3.05, 3.63) is 54.6 Å². The smallest absolute Gasteiger partial charge is 0.407 e. The van der Waals surface area contributed by atoms with Crippen molar-refractivity contribution in [2.75, 3.05) is 13.1 Å². The Morgan fingerprint density at radius 3 is 2.14 bits per heavy atom. The van der Waals surface area contributed by atoms with Crippen molar-refractivity contribution in [2.24, 2.45) is 11.3 Å². The number of rotatable bonds is 11. The van der Waals surface area contributed by atoms with Crippen molar-refractivity contribution < 1.29 is 27.5 Å². The van der Waals surface area contributed by atoms with E-state index in [9.17, 15) is 18.0 Å². The average Bonchev–Trinajstić information content (AvgIpc) is 3.21. The maximum atomic E-state index is 13.4. The second-order valence-electron chi connectivity index (χ2n) is 12.7. The van der Waals surface area contributed by atoms with Crippen molar-refractivity contribution in [3.8, 4) is 11.5 Å². The summed E-state index contributed by atoms with van der Waals surface area (Å²) in [6.07, 6.45) is 2.00. The zero-order valence-electron chi connectivity index (χ0n) is 25.4. The van der Waals surface area contributed by atoms with Gasteiger partial charge in [-0.3, -0.25) is 4.79 Å². The van der Waals surface area contributed by atoms with Gasteiger partial charge in [-0.05, 0) is 75.4 Å². The van der Waals surface area contributed by atoms with Crippen LogP contribution in [-0.2, 0) is 19.6 Å². The van der Waals surface area contributed by atoms with Gasteiger partial charge in [0.05, 0.1) is 16.3 Å². The Morgan fingerprint density at radius 2 is 1.55 bits per heavy atom. The van der Waals surface area contributed by atoms with Crippen LogP contribution in [0.15, 0.2) is 59.5 Å². The Morgan fingerprint density at radius 1 is 0.929 bits per heavy atom. The number of benzene rings is 2. The molecular formula is C31H45N3O6S2. The molecule has 1 saturated heterocycles. The van der Waals surface area contributed by atoms with Crippen molar-refractivity contribution in [1.29, 1.82) is 0 Å².